The molecule has 2 fully saturated rings. The zero-order chi connectivity index (χ0) is 56.9. The molecule has 0 saturated carbocycles. The van der Waals surface area contributed by atoms with Gasteiger partial charge in [0.25, 0.3) is 11.8 Å². The van der Waals surface area contributed by atoms with Gasteiger partial charge in [-0.25, -0.2) is 9.59 Å². The number of rotatable bonds is 19. The van der Waals surface area contributed by atoms with Gasteiger partial charge in [0, 0.05) is 57.5 Å². The van der Waals surface area contributed by atoms with Crippen molar-refractivity contribution in [2.45, 2.75) is 163 Å². The molecule has 21 nitrogen and oxygen atoms in total. The van der Waals surface area contributed by atoms with Crippen molar-refractivity contribution < 1.29 is 67.0 Å². The molecule has 2 aromatic carbocycles. The second-order valence-corrected chi connectivity index (χ2v) is 22.4. The van der Waals surface area contributed by atoms with E-state index in [4.69, 9.17) is 30.6 Å². The number of cyclic esters (lactones) is 1. The van der Waals surface area contributed by atoms with Crippen molar-refractivity contribution in [1.29, 1.82) is 0 Å². The number of benzene rings is 2. The number of imide groups is 1. The number of halogens is 1. The van der Waals surface area contributed by atoms with Gasteiger partial charge in [-0.2, -0.15) is 0 Å². The molecule has 0 aliphatic carbocycles. The highest BCUT2D eigenvalue weighted by Gasteiger charge is 2.48. The number of carbonyl (C=O) groups excluding carboxylic acids is 10. The summed E-state index contributed by atoms with van der Waals surface area (Å²) in [6.45, 7) is 16.0. The molecule has 0 radical (unpaired) electrons. The first kappa shape index (κ1) is 61.0. The molecule has 3 heterocycles. The second kappa shape index (κ2) is 26.9. The van der Waals surface area contributed by atoms with Crippen LogP contribution in [0, 0.1) is 22.7 Å². The predicted octanol–water partition coefficient (Wildman–Crippen LogP) is 4.13. The standard InChI is InChI=1S/C55H74ClN7O14/c1-30(2)46(62-42(65)15-12-16-45(68)77-63-43(66)23-24-44(63)67)51(71)59-32(4)49(69)57-28-33-17-20-35(21-18-33)48-47(76-48)31(3)39-13-11-14-41(64)60-37(26-34-19-22-40(74-10)36(56)25-34)50(70)58-29-55(8,9)53(73)61-38(52(72)75-39)27-54(5,6)7/h11,14,17-22,25,30-32,37-39,46-48H,12-13,15-16,23-24,26-29H2,1-10H3,(H,57,69)(H,58,70)(H,59,71)(H,60,64)(H,61,73)(H,62,65)/b14-11+/t31-,32?,37+,38-,39-,46?,47+,48+/m0/s1. The lowest BCUT2D eigenvalue weighted by Gasteiger charge is -2.32. The largest absolute Gasteiger partial charge is 0.495 e. The molecule has 8 atom stereocenters. The topological polar surface area (TPSA) is 286 Å². The lowest BCUT2D eigenvalue weighted by molar-refractivity contribution is -0.197. The molecular formula is C55H74ClN7O14. The van der Waals surface area contributed by atoms with Crippen LogP contribution in [0.25, 0.3) is 0 Å². The van der Waals surface area contributed by atoms with E-state index in [2.05, 4.69) is 31.9 Å². The molecule has 2 unspecified atom stereocenters. The van der Waals surface area contributed by atoms with Gasteiger partial charge in [-0.1, -0.05) is 89.6 Å². The fraction of sp³-hybridized carbons (Fsp3) is 0.564. The molecule has 8 amide bonds. The fourth-order valence-corrected chi connectivity index (χ4v) is 8.88. The van der Waals surface area contributed by atoms with Crippen LogP contribution >= 0.6 is 11.6 Å². The van der Waals surface area contributed by atoms with E-state index in [-0.39, 0.29) is 76.5 Å². The number of carbonyl (C=O) groups is 10. The third-order valence-electron chi connectivity index (χ3n) is 13.3. The maximum atomic E-state index is 14.1. The highest BCUT2D eigenvalue weighted by Crippen LogP contribution is 2.45. The number of nitrogens with one attached hydrogen (secondary N) is 6. The Morgan fingerprint density at radius 2 is 1.53 bits per heavy atom. The molecule has 3 aliphatic rings. The molecule has 77 heavy (non-hydrogen) atoms. The van der Waals surface area contributed by atoms with E-state index in [1.807, 2.05) is 52.0 Å². The van der Waals surface area contributed by atoms with Crippen LogP contribution in [0.1, 0.15) is 130 Å². The van der Waals surface area contributed by atoms with Gasteiger partial charge in [-0.05, 0) is 79.8 Å². The van der Waals surface area contributed by atoms with Crippen LogP contribution in [0.3, 0.4) is 0 Å². The molecule has 3 aliphatic heterocycles. The zero-order valence-electron chi connectivity index (χ0n) is 45.5. The number of hydrogen-bond donors (Lipinski definition) is 6. The number of esters is 1. The predicted molar refractivity (Wildman–Crippen MR) is 281 cm³/mol. The molecule has 2 aromatic rings. The van der Waals surface area contributed by atoms with Gasteiger partial charge in [0.15, 0.2) is 0 Å². The van der Waals surface area contributed by atoms with Gasteiger partial charge < -0.3 is 50.9 Å². The number of hydroxylamine groups is 2. The first-order valence-electron chi connectivity index (χ1n) is 25.9. The summed E-state index contributed by atoms with van der Waals surface area (Å²) in [5, 5.41) is 17.4. The Bertz CT molecular complexity index is 2550. The molecule has 0 spiro atoms. The Hall–Kier alpha value is -6.87. The number of nitrogens with zero attached hydrogens (tertiary/aromatic N) is 1. The van der Waals surface area contributed by atoms with Crippen molar-refractivity contribution in [1.82, 2.24) is 37.0 Å². The van der Waals surface area contributed by atoms with Gasteiger partial charge in [0.05, 0.1) is 23.7 Å². The van der Waals surface area contributed by atoms with Crippen molar-refractivity contribution in [3.8, 4) is 5.75 Å². The van der Waals surface area contributed by atoms with Gasteiger partial charge in [-0.15, -0.1) is 5.06 Å². The van der Waals surface area contributed by atoms with E-state index in [0.29, 0.717) is 21.4 Å². The highest BCUT2D eigenvalue weighted by atomic mass is 35.5. The molecular weight excluding hydrogens is 1020 g/mol. The third-order valence-corrected chi connectivity index (χ3v) is 13.6. The van der Waals surface area contributed by atoms with E-state index in [0.717, 1.165) is 11.1 Å². The van der Waals surface area contributed by atoms with Gasteiger partial charge in [0.2, 0.25) is 35.4 Å². The fourth-order valence-electron chi connectivity index (χ4n) is 8.60. The number of epoxide rings is 1. The van der Waals surface area contributed by atoms with E-state index in [1.54, 1.807) is 52.0 Å². The Morgan fingerprint density at radius 3 is 2.16 bits per heavy atom. The summed E-state index contributed by atoms with van der Waals surface area (Å²) >= 11 is 6.38. The smallest absolute Gasteiger partial charge is 0.333 e. The van der Waals surface area contributed by atoms with Crippen LogP contribution < -0.4 is 36.6 Å². The van der Waals surface area contributed by atoms with Crippen LogP contribution in [0.15, 0.2) is 54.6 Å². The average Bonchev–Trinajstić information content (AvgIpc) is 4.12. The van der Waals surface area contributed by atoms with E-state index >= 15 is 0 Å². The molecule has 0 bridgehead atoms. The Kier molecular flexibility index (Phi) is 21.3. The van der Waals surface area contributed by atoms with Crippen molar-refractivity contribution in [2.75, 3.05) is 13.7 Å². The van der Waals surface area contributed by atoms with Crippen molar-refractivity contribution in [3.05, 3.63) is 76.3 Å². The summed E-state index contributed by atoms with van der Waals surface area (Å²) in [7, 11) is 1.49. The van der Waals surface area contributed by atoms with Crippen LogP contribution in [0.4, 0.5) is 0 Å². The average molecular weight is 1090 g/mol. The van der Waals surface area contributed by atoms with Crippen LogP contribution in [0.5, 0.6) is 5.75 Å². The number of amides is 8. The monoisotopic (exact) mass is 1090 g/mol. The van der Waals surface area contributed by atoms with Gasteiger partial charge in [-0.3, -0.25) is 38.4 Å². The maximum Gasteiger partial charge on any atom is 0.333 e. The van der Waals surface area contributed by atoms with E-state index < -0.39 is 112 Å². The Morgan fingerprint density at radius 1 is 0.870 bits per heavy atom. The van der Waals surface area contributed by atoms with E-state index in [9.17, 15) is 47.9 Å². The van der Waals surface area contributed by atoms with Crippen molar-refractivity contribution in [3.63, 3.8) is 0 Å². The highest BCUT2D eigenvalue weighted by molar-refractivity contribution is 6.32. The van der Waals surface area contributed by atoms with Gasteiger partial charge >= 0.3 is 11.9 Å². The van der Waals surface area contributed by atoms with Crippen molar-refractivity contribution in [2.24, 2.45) is 22.7 Å². The minimum Gasteiger partial charge on any atom is -0.495 e. The summed E-state index contributed by atoms with van der Waals surface area (Å²) in [6.07, 6.45) is 1.27. The summed E-state index contributed by atoms with van der Waals surface area (Å²) < 4.78 is 17.7. The number of ether oxygens (including phenoxy) is 3. The Labute approximate surface area is 454 Å². The first-order chi connectivity index (χ1) is 36.2. The molecule has 22 heteroatoms. The maximum absolute atomic E-state index is 14.1. The van der Waals surface area contributed by atoms with Crippen LogP contribution in [-0.2, 0) is 75.2 Å². The minimum absolute atomic E-state index is 0.0371. The molecule has 2 saturated heterocycles. The summed E-state index contributed by atoms with van der Waals surface area (Å²) in [4.78, 5) is 135. The Balaban J connectivity index is 1.19. The minimum atomic E-state index is -1.18. The molecule has 420 valence electrons. The number of hydrogen-bond acceptors (Lipinski definition) is 14. The normalized spacial score (nSPS) is 22.8. The molecule has 0 aromatic heterocycles. The number of methoxy groups -OCH3 is 1. The van der Waals surface area contributed by atoms with Crippen molar-refractivity contribution >= 4 is 70.8 Å². The van der Waals surface area contributed by atoms with Crippen LogP contribution in [0.2, 0.25) is 5.02 Å². The first-order valence-corrected chi connectivity index (χ1v) is 26.3. The lowest BCUT2D eigenvalue weighted by atomic mass is 9.86. The summed E-state index contributed by atoms with van der Waals surface area (Å²) in [5.41, 5.74) is 0.635. The second-order valence-electron chi connectivity index (χ2n) is 22.0. The zero-order valence-corrected chi connectivity index (χ0v) is 46.3. The summed E-state index contributed by atoms with van der Waals surface area (Å²) in [5.74, 6) is -6.18. The van der Waals surface area contributed by atoms with Crippen LogP contribution in [-0.4, -0.2) is 114 Å². The lowest BCUT2D eigenvalue weighted by Crippen LogP contribution is -2.54. The van der Waals surface area contributed by atoms with E-state index in [1.165, 1.54) is 20.1 Å². The summed E-state index contributed by atoms with van der Waals surface area (Å²) in [6, 6.07) is 8.37. The quantitative estimate of drug-likeness (QED) is 0.0656. The van der Waals surface area contributed by atoms with Gasteiger partial charge in [0.1, 0.15) is 42.1 Å². The SMILES string of the molecule is COc1ccc(C[C@H]2NC(=O)/C=C/C[C@@H]([C@H](C)[C@H]3O[C@@H]3c3ccc(CNC(=O)C(C)NC(=O)C(NC(=O)CCCC(=O)ON4C(=O)CCC4=O)C(C)C)cc3)OC(=O)[C@H](CC(C)(C)C)NC(=O)C(C)(C)CNC2=O)cc1Cl. The molecule has 5 rings (SSSR count). The third kappa shape index (κ3) is 18.1. The molecule has 6 N–H and O–H groups in total.